The van der Waals surface area contributed by atoms with Gasteiger partial charge in [0.1, 0.15) is 0 Å². The highest BCUT2D eigenvalue weighted by atomic mass is 32.2. The number of hydrogen-bond acceptors (Lipinski definition) is 5. The van der Waals surface area contributed by atoms with Crippen LogP contribution in [-0.2, 0) is 24.7 Å². The summed E-state index contributed by atoms with van der Waals surface area (Å²) in [5.74, 6) is -0.773. The van der Waals surface area contributed by atoms with Crippen LogP contribution in [0.15, 0.2) is 64.4 Å². The van der Waals surface area contributed by atoms with Crippen LogP contribution in [0.4, 0.5) is 5.69 Å². The smallest absolute Gasteiger partial charge is 0.240 e. The maximum Gasteiger partial charge on any atom is 0.240 e. The average Bonchev–Trinajstić information content (AvgIpc) is 2.66. The lowest BCUT2D eigenvalue weighted by Crippen LogP contribution is -2.24. The van der Waals surface area contributed by atoms with Crippen molar-refractivity contribution in [2.45, 2.75) is 29.6 Å². The molecule has 2 aromatic rings. The van der Waals surface area contributed by atoms with Gasteiger partial charge in [-0.1, -0.05) is 25.1 Å². The van der Waals surface area contributed by atoms with Crippen LogP contribution in [0, 0.1) is 0 Å². The molecule has 0 unspecified atom stereocenters. The van der Waals surface area contributed by atoms with Gasteiger partial charge in [-0.05, 0) is 42.8 Å². The standard InChI is InChI=1S/C18H22N2O5S2/c1-2-13-19-27(24,25)17-10-8-15(9-11-17)20-18(21)12-14-26(22,23)16-6-4-3-5-7-16/h3-11,19H,2,12-14H2,1H3,(H,20,21). The molecule has 0 aliphatic rings. The second kappa shape index (κ2) is 9.12. The summed E-state index contributed by atoms with van der Waals surface area (Å²) in [6.45, 7) is 2.20. The summed E-state index contributed by atoms with van der Waals surface area (Å²) in [5.41, 5.74) is 0.395. The van der Waals surface area contributed by atoms with Gasteiger partial charge >= 0.3 is 0 Å². The molecule has 0 saturated heterocycles. The molecule has 1 amide bonds. The van der Waals surface area contributed by atoms with E-state index in [1.54, 1.807) is 18.2 Å². The van der Waals surface area contributed by atoms with Crippen LogP contribution >= 0.6 is 0 Å². The fourth-order valence-corrected chi connectivity index (χ4v) is 4.63. The lowest BCUT2D eigenvalue weighted by atomic mass is 10.3. The summed E-state index contributed by atoms with van der Waals surface area (Å²) in [4.78, 5) is 12.3. The van der Waals surface area contributed by atoms with Crippen molar-refractivity contribution in [1.29, 1.82) is 0 Å². The second-order valence-electron chi connectivity index (χ2n) is 5.85. The minimum atomic E-state index is -3.57. The van der Waals surface area contributed by atoms with Gasteiger partial charge in [-0.3, -0.25) is 4.79 Å². The summed E-state index contributed by atoms with van der Waals surface area (Å²) in [5, 5.41) is 2.57. The minimum Gasteiger partial charge on any atom is -0.326 e. The molecule has 7 nitrogen and oxygen atoms in total. The summed E-state index contributed by atoms with van der Waals surface area (Å²) < 4.78 is 50.8. The zero-order valence-electron chi connectivity index (χ0n) is 14.9. The Balaban J connectivity index is 1.94. The maximum atomic E-state index is 12.2. The van der Waals surface area contributed by atoms with Gasteiger partial charge in [-0.25, -0.2) is 21.6 Å². The molecule has 0 aliphatic carbocycles. The zero-order valence-corrected chi connectivity index (χ0v) is 16.5. The molecule has 0 heterocycles. The van der Waals surface area contributed by atoms with Crippen molar-refractivity contribution in [3.05, 3.63) is 54.6 Å². The lowest BCUT2D eigenvalue weighted by Gasteiger charge is -2.08. The molecule has 9 heteroatoms. The molecule has 0 fully saturated rings. The fraction of sp³-hybridized carbons (Fsp3) is 0.278. The molecule has 2 rings (SSSR count). The first-order valence-electron chi connectivity index (χ1n) is 8.42. The van der Waals surface area contributed by atoms with E-state index in [-0.39, 0.29) is 22.0 Å². The Morgan fingerprint density at radius 1 is 0.889 bits per heavy atom. The first kappa shape index (κ1) is 21.1. The third-order valence-electron chi connectivity index (χ3n) is 3.69. The van der Waals surface area contributed by atoms with E-state index < -0.39 is 25.8 Å². The molecule has 2 aromatic carbocycles. The summed E-state index contributed by atoms with van der Waals surface area (Å²) in [6, 6.07) is 13.6. The molecule has 0 aliphatic heterocycles. The quantitative estimate of drug-likeness (QED) is 0.658. The molecule has 146 valence electrons. The van der Waals surface area contributed by atoms with Crippen LogP contribution in [-0.4, -0.2) is 35.0 Å². The Kier molecular flexibility index (Phi) is 7.11. The Morgan fingerprint density at radius 2 is 1.52 bits per heavy atom. The molecule has 0 aromatic heterocycles. The Labute approximate surface area is 159 Å². The predicted molar refractivity (Wildman–Crippen MR) is 104 cm³/mol. The number of carbonyl (C=O) groups excluding carboxylic acids is 1. The highest BCUT2D eigenvalue weighted by molar-refractivity contribution is 7.91. The van der Waals surface area contributed by atoms with E-state index in [0.717, 1.165) is 0 Å². The van der Waals surface area contributed by atoms with Gasteiger partial charge in [0.15, 0.2) is 9.84 Å². The highest BCUT2D eigenvalue weighted by Gasteiger charge is 2.17. The zero-order chi connectivity index (χ0) is 19.9. The van der Waals surface area contributed by atoms with Crippen molar-refractivity contribution >= 4 is 31.5 Å². The third kappa shape index (κ3) is 6.16. The van der Waals surface area contributed by atoms with Crippen LogP contribution in [0.1, 0.15) is 19.8 Å². The minimum absolute atomic E-state index is 0.0978. The van der Waals surface area contributed by atoms with Gasteiger partial charge in [0.05, 0.1) is 15.5 Å². The monoisotopic (exact) mass is 410 g/mol. The van der Waals surface area contributed by atoms with Crippen molar-refractivity contribution < 1.29 is 21.6 Å². The van der Waals surface area contributed by atoms with E-state index in [2.05, 4.69) is 10.0 Å². The molecule has 0 radical (unpaired) electrons. The largest absolute Gasteiger partial charge is 0.326 e. The topological polar surface area (TPSA) is 109 Å². The Hall–Kier alpha value is -2.23. The summed E-state index contributed by atoms with van der Waals surface area (Å²) >= 11 is 0. The van der Waals surface area contributed by atoms with E-state index in [9.17, 15) is 21.6 Å². The van der Waals surface area contributed by atoms with Crippen LogP contribution in [0.2, 0.25) is 0 Å². The van der Waals surface area contributed by atoms with Gasteiger partial charge in [0.25, 0.3) is 0 Å². The number of sulfone groups is 1. The van der Waals surface area contributed by atoms with Crippen LogP contribution in [0.25, 0.3) is 0 Å². The molecule has 2 N–H and O–H groups in total. The van der Waals surface area contributed by atoms with E-state index in [1.165, 1.54) is 36.4 Å². The lowest BCUT2D eigenvalue weighted by molar-refractivity contribution is -0.115. The summed E-state index contributed by atoms with van der Waals surface area (Å²) in [7, 11) is -7.10. The Bertz CT molecular complexity index is 970. The predicted octanol–water partition coefficient (Wildman–Crippen LogP) is 2.18. The van der Waals surface area contributed by atoms with Gasteiger partial charge < -0.3 is 5.32 Å². The highest BCUT2D eigenvalue weighted by Crippen LogP contribution is 2.15. The number of carbonyl (C=O) groups is 1. The molecular weight excluding hydrogens is 388 g/mol. The van der Waals surface area contributed by atoms with E-state index >= 15 is 0 Å². The fourth-order valence-electron chi connectivity index (χ4n) is 2.23. The third-order valence-corrected chi connectivity index (χ3v) is 6.90. The number of anilines is 1. The number of nitrogens with one attached hydrogen (secondary N) is 2. The van der Waals surface area contributed by atoms with Crippen molar-refractivity contribution in [2.75, 3.05) is 17.6 Å². The van der Waals surface area contributed by atoms with Crippen molar-refractivity contribution in [3.8, 4) is 0 Å². The second-order valence-corrected chi connectivity index (χ2v) is 9.73. The van der Waals surface area contributed by atoms with Crippen LogP contribution in [0.3, 0.4) is 0 Å². The number of sulfonamides is 1. The van der Waals surface area contributed by atoms with E-state index in [4.69, 9.17) is 0 Å². The molecule has 0 bridgehead atoms. The SMILES string of the molecule is CCCNS(=O)(=O)c1ccc(NC(=O)CCS(=O)(=O)c2ccccc2)cc1. The normalized spacial score (nSPS) is 11.9. The Morgan fingerprint density at radius 3 is 2.11 bits per heavy atom. The number of rotatable bonds is 9. The van der Waals surface area contributed by atoms with Gasteiger partial charge in [-0.2, -0.15) is 0 Å². The molecule has 27 heavy (non-hydrogen) atoms. The molecule has 0 atom stereocenters. The van der Waals surface area contributed by atoms with Gasteiger partial charge in [0, 0.05) is 18.7 Å². The number of benzene rings is 2. The van der Waals surface area contributed by atoms with Crippen LogP contribution < -0.4 is 10.0 Å². The van der Waals surface area contributed by atoms with Crippen molar-refractivity contribution in [3.63, 3.8) is 0 Å². The average molecular weight is 411 g/mol. The molecular formula is C18H22N2O5S2. The molecule has 0 spiro atoms. The van der Waals surface area contributed by atoms with E-state index in [1.807, 2.05) is 6.92 Å². The number of amides is 1. The van der Waals surface area contributed by atoms with E-state index in [0.29, 0.717) is 18.7 Å². The van der Waals surface area contributed by atoms with Gasteiger partial charge in [-0.15, -0.1) is 0 Å². The van der Waals surface area contributed by atoms with Crippen molar-refractivity contribution in [2.24, 2.45) is 0 Å². The maximum absolute atomic E-state index is 12.2. The summed E-state index contributed by atoms with van der Waals surface area (Å²) in [6.07, 6.45) is 0.481. The van der Waals surface area contributed by atoms with Crippen molar-refractivity contribution in [1.82, 2.24) is 4.72 Å². The van der Waals surface area contributed by atoms with Gasteiger partial charge in [0.2, 0.25) is 15.9 Å². The first-order valence-corrected chi connectivity index (χ1v) is 11.6. The molecule has 0 saturated carbocycles. The number of hydrogen-bond donors (Lipinski definition) is 2. The van der Waals surface area contributed by atoms with Crippen LogP contribution in [0.5, 0.6) is 0 Å². The first-order chi connectivity index (χ1) is 12.7.